The van der Waals surface area contributed by atoms with Crippen LogP contribution in [-0.2, 0) is 22.6 Å². The first kappa shape index (κ1) is 23.8. The summed E-state index contributed by atoms with van der Waals surface area (Å²) in [7, 11) is 0. The highest BCUT2D eigenvalue weighted by atomic mass is 35.5. The Hall–Kier alpha value is -3.89. The Kier molecular flexibility index (Phi) is 6.38. The SMILES string of the molecule is O=C(CN1C(=O)S/C(=C/c2ccc(-c3ccc(Cl)cc3[N+](=O)[O-])o2)C1=O)N1CCc2ccccc2C1. The number of halogens is 1. The number of hydrogen-bond acceptors (Lipinski definition) is 7. The number of nitro benzene ring substituents is 1. The maximum Gasteiger partial charge on any atom is 0.294 e. The largest absolute Gasteiger partial charge is 0.456 e. The Morgan fingerprint density at radius 3 is 2.69 bits per heavy atom. The van der Waals surface area contributed by atoms with Gasteiger partial charge in [-0.15, -0.1) is 0 Å². The highest BCUT2D eigenvalue weighted by Crippen LogP contribution is 2.36. The number of furan rings is 1. The molecular weight excluding hydrogens is 506 g/mol. The fourth-order valence-electron chi connectivity index (χ4n) is 4.15. The summed E-state index contributed by atoms with van der Waals surface area (Å²) < 4.78 is 5.70. The quantitative estimate of drug-likeness (QED) is 0.259. The van der Waals surface area contributed by atoms with Gasteiger partial charge in [-0.3, -0.25) is 29.4 Å². The molecule has 2 aliphatic rings. The van der Waals surface area contributed by atoms with Crippen LogP contribution in [0.4, 0.5) is 10.5 Å². The number of carbonyl (C=O) groups is 3. The van der Waals surface area contributed by atoms with Crippen LogP contribution in [0.3, 0.4) is 0 Å². The van der Waals surface area contributed by atoms with Crippen LogP contribution in [0.1, 0.15) is 16.9 Å². The molecule has 0 saturated carbocycles. The first-order valence-electron chi connectivity index (χ1n) is 10.9. The Bertz CT molecular complexity index is 1450. The van der Waals surface area contributed by atoms with E-state index in [4.69, 9.17) is 16.0 Å². The van der Waals surface area contributed by atoms with Crippen molar-refractivity contribution in [1.29, 1.82) is 0 Å². The summed E-state index contributed by atoms with van der Waals surface area (Å²) in [5.74, 6) is -0.447. The second kappa shape index (κ2) is 9.63. The number of fused-ring (bicyclic) bond motifs is 1. The normalized spacial score (nSPS) is 16.5. The average Bonchev–Trinajstić information content (AvgIpc) is 3.43. The van der Waals surface area contributed by atoms with Gasteiger partial charge in [0.05, 0.1) is 15.4 Å². The van der Waals surface area contributed by atoms with E-state index in [9.17, 15) is 24.5 Å². The van der Waals surface area contributed by atoms with Gasteiger partial charge in [-0.1, -0.05) is 35.9 Å². The molecule has 182 valence electrons. The number of thioether (sulfide) groups is 1. The van der Waals surface area contributed by atoms with Crippen molar-refractivity contribution in [2.75, 3.05) is 13.1 Å². The third-order valence-electron chi connectivity index (χ3n) is 5.97. The van der Waals surface area contributed by atoms with Crippen LogP contribution in [0.2, 0.25) is 5.02 Å². The maximum absolute atomic E-state index is 12.9. The lowest BCUT2D eigenvalue weighted by Gasteiger charge is -2.29. The van der Waals surface area contributed by atoms with Gasteiger partial charge >= 0.3 is 0 Å². The van der Waals surface area contributed by atoms with Gasteiger partial charge in [0.1, 0.15) is 18.1 Å². The van der Waals surface area contributed by atoms with Crippen LogP contribution in [-0.4, -0.2) is 44.9 Å². The molecule has 9 nitrogen and oxygen atoms in total. The standard InChI is InChI=1S/C25H18ClN3O6S/c26-17-5-7-19(20(11-17)29(33)34)21-8-6-18(35-21)12-22-24(31)28(25(32)36-22)14-23(30)27-10-9-15-3-1-2-4-16(15)13-27/h1-8,11-12H,9-10,13-14H2/b22-12+. The Morgan fingerprint density at radius 2 is 1.92 bits per heavy atom. The van der Waals surface area contributed by atoms with E-state index in [2.05, 4.69) is 0 Å². The Morgan fingerprint density at radius 1 is 1.14 bits per heavy atom. The van der Waals surface area contributed by atoms with Crippen LogP contribution in [0.25, 0.3) is 17.4 Å². The van der Waals surface area contributed by atoms with E-state index in [0.29, 0.717) is 24.9 Å². The van der Waals surface area contributed by atoms with E-state index in [1.54, 1.807) is 4.90 Å². The lowest BCUT2D eigenvalue weighted by Crippen LogP contribution is -2.44. The molecule has 0 aliphatic carbocycles. The van der Waals surface area contributed by atoms with Crippen molar-refractivity contribution in [3.05, 3.63) is 91.5 Å². The number of imide groups is 1. The highest BCUT2D eigenvalue weighted by Gasteiger charge is 2.37. The molecule has 1 saturated heterocycles. The first-order valence-corrected chi connectivity index (χ1v) is 12.1. The summed E-state index contributed by atoms with van der Waals surface area (Å²) in [5.41, 5.74) is 2.26. The van der Waals surface area contributed by atoms with Crippen molar-refractivity contribution in [2.24, 2.45) is 0 Å². The zero-order valence-electron chi connectivity index (χ0n) is 18.7. The Balaban J connectivity index is 1.30. The number of amides is 3. The van der Waals surface area contributed by atoms with Crippen molar-refractivity contribution >= 4 is 52.2 Å². The molecule has 0 bridgehead atoms. The molecule has 3 heterocycles. The van der Waals surface area contributed by atoms with Crippen LogP contribution in [0.5, 0.6) is 0 Å². The minimum Gasteiger partial charge on any atom is -0.456 e. The maximum atomic E-state index is 12.9. The Labute approximate surface area is 214 Å². The average molecular weight is 524 g/mol. The van der Waals surface area contributed by atoms with Gasteiger partial charge in [0.2, 0.25) is 5.91 Å². The topological polar surface area (TPSA) is 114 Å². The minimum absolute atomic E-state index is 0.100. The molecule has 1 aromatic heterocycles. The minimum atomic E-state index is -0.591. The van der Waals surface area contributed by atoms with E-state index in [1.165, 1.54) is 42.0 Å². The van der Waals surface area contributed by atoms with Gasteiger partial charge < -0.3 is 9.32 Å². The fraction of sp³-hybridized carbons (Fsp3) is 0.160. The molecule has 1 fully saturated rings. The monoisotopic (exact) mass is 523 g/mol. The number of nitrogens with zero attached hydrogens (tertiary/aromatic N) is 3. The van der Waals surface area contributed by atoms with Crippen molar-refractivity contribution in [3.63, 3.8) is 0 Å². The van der Waals surface area contributed by atoms with Crippen LogP contribution < -0.4 is 0 Å². The third-order valence-corrected chi connectivity index (χ3v) is 7.11. The number of benzene rings is 2. The summed E-state index contributed by atoms with van der Waals surface area (Å²) in [6.07, 6.45) is 2.11. The summed E-state index contributed by atoms with van der Waals surface area (Å²) in [4.78, 5) is 51.8. The molecule has 0 atom stereocenters. The van der Waals surface area contributed by atoms with E-state index in [1.807, 2.05) is 24.3 Å². The second-order valence-corrected chi connectivity index (χ2v) is 9.65. The molecule has 2 aliphatic heterocycles. The zero-order chi connectivity index (χ0) is 25.4. The van der Waals surface area contributed by atoms with E-state index in [-0.39, 0.29) is 45.2 Å². The molecular formula is C25H18ClN3O6S. The van der Waals surface area contributed by atoms with Crippen LogP contribution in [0.15, 0.2) is 63.9 Å². The van der Waals surface area contributed by atoms with Crippen LogP contribution in [0, 0.1) is 10.1 Å². The molecule has 0 unspecified atom stereocenters. The van der Waals surface area contributed by atoms with Crippen LogP contribution >= 0.6 is 23.4 Å². The van der Waals surface area contributed by atoms with E-state index < -0.39 is 16.1 Å². The predicted molar refractivity (Wildman–Crippen MR) is 134 cm³/mol. The summed E-state index contributed by atoms with van der Waals surface area (Å²) >= 11 is 6.58. The number of hydrogen-bond donors (Lipinski definition) is 0. The first-order chi connectivity index (χ1) is 17.3. The second-order valence-electron chi connectivity index (χ2n) is 8.22. The third kappa shape index (κ3) is 4.65. The predicted octanol–water partition coefficient (Wildman–Crippen LogP) is 5.13. The lowest BCUT2D eigenvalue weighted by molar-refractivity contribution is -0.384. The smallest absolute Gasteiger partial charge is 0.294 e. The lowest BCUT2D eigenvalue weighted by atomic mass is 10.00. The molecule has 0 radical (unpaired) electrons. The van der Waals surface area contributed by atoms with Crippen molar-refractivity contribution in [2.45, 2.75) is 13.0 Å². The highest BCUT2D eigenvalue weighted by molar-refractivity contribution is 8.18. The van der Waals surface area contributed by atoms with E-state index >= 15 is 0 Å². The van der Waals surface area contributed by atoms with Gasteiger partial charge in [0.25, 0.3) is 16.8 Å². The molecule has 3 aromatic rings. The molecule has 11 heteroatoms. The molecule has 3 amide bonds. The van der Waals surface area contributed by atoms with Crippen molar-refractivity contribution in [1.82, 2.24) is 9.80 Å². The number of carbonyl (C=O) groups excluding carboxylic acids is 3. The summed E-state index contributed by atoms with van der Waals surface area (Å²) in [6, 6.07) is 15.2. The fourth-order valence-corrected chi connectivity index (χ4v) is 5.13. The molecule has 0 N–H and O–H groups in total. The van der Waals surface area contributed by atoms with Gasteiger partial charge in [-0.25, -0.2) is 0 Å². The van der Waals surface area contributed by atoms with E-state index in [0.717, 1.165) is 16.9 Å². The molecule has 0 spiro atoms. The number of rotatable bonds is 5. The van der Waals surface area contributed by atoms with Gasteiger partial charge in [-0.05, 0) is 53.6 Å². The molecule has 36 heavy (non-hydrogen) atoms. The number of nitro groups is 1. The van der Waals surface area contributed by atoms with Gasteiger partial charge in [-0.2, -0.15) is 0 Å². The van der Waals surface area contributed by atoms with Crippen molar-refractivity contribution in [3.8, 4) is 11.3 Å². The summed E-state index contributed by atoms with van der Waals surface area (Å²) in [5, 5.41) is 11.1. The van der Waals surface area contributed by atoms with Crippen molar-refractivity contribution < 1.29 is 23.7 Å². The van der Waals surface area contributed by atoms with Gasteiger partial charge in [0, 0.05) is 30.3 Å². The summed E-state index contributed by atoms with van der Waals surface area (Å²) in [6.45, 7) is 0.617. The molecule has 5 rings (SSSR count). The van der Waals surface area contributed by atoms with Gasteiger partial charge in [0.15, 0.2) is 0 Å². The molecule has 2 aromatic carbocycles. The zero-order valence-corrected chi connectivity index (χ0v) is 20.3.